The molecule has 0 saturated carbocycles. The molecular weight excluding hydrogens is 218 g/mol. The summed E-state index contributed by atoms with van der Waals surface area (Å²) in [6.45, 7) is 2.79. The van der Waals surface area contributed by atoms with Crippen LogP contribution in [0.3, 0.4) is 0 Å². The van der Waals surface area contributed by atoms with Gasteiger partial charge in [0.2, 0.25) is 5.88 Å². The average molecular weight is 233 g/mol. The molecule has 1 saturated heterocycles. The molecule has 0 radical (unpaired) electrons. The topological polar surface area (TPSA) is 58.4 Å². The minimum atomic E-state index is -0.325. The Hall–Kier alpha value is -1.64. The Morgan fingerprint density at radius 1 is 1.65 bits per heavy atom. The predicted molar refractivity (Wildman–Crippen MR) is 61.4 cm³/mol. The highest BCUT2D eigenvalue weighted by Crippen LogP contribution is 2.11. The molecule has 2 heterocycles. The lowest BCUT2D eigenvalue weighted by Crippen LogP contribution is -2.41. The zero-order valence-electron chi connectivity index (χ0n) is 9.80. The second kappa shape index (κ2) is 5.62. The summed E-state index contributed by atoms with van der Waals surface area (Å²) >= 11 is 0. The number of hydrogen-bond acceptors (Lipinski definition) is 5. The van der Waals surface area contributed by atoms with Crippen molar-refractivity contribution in [2.24, 2.45) is 0 Å². The first-order chi connectivity index (χ1) is 8.31. The van der Waals surface area contributed by atoms with E-state index in [1.54, 1.807) is 7.11 Å². The highest BCUT2D eigenvalue weighted by atomic mass is 16.5. The smallest absolute Gasteiger partial charge is 0.213 e. The number of nitrogens with zero attached hydrogens (tertiary/aromatic N) is 3. The van der Waals surface area contributed by atoms with E-state index in [1.807, 2.05) is 18.2 Å². The van der Waals surface area contributed by atoms with Crippen molar-refractivity contribution in [2.75, 3.05) is 26.8 Å². The van der Waals surface area contributed by atoms with Crippen molar-refractivity contribution in [3.05, 3.63) is 23.9 Å². The van der Waals surface area contributed by atoms with Crippen LogP contribution in [0.15, 0.2) is 18.2 Å². The van der Waals surface area contributed by atoms with Gasteiger partial charge in [-0.1, -0.05) is 6.07 Å². The second-order valence-electron chi connectivity index (χ2n) is 3.89. The number of aromatic nitrogens is 1. The van der Waals surface area contributed by atoms with E-state index < -0.39 is 0 Å². The Labute approximate surface area is 101 Å². The van der Waals surface area contributed by atoms with Crippen LogP contribution in [0.25, 0.3) is 0 Å². The zero-order valence-corrected chi connectivity index (χ0v) is 9.80. The molecule has 1 aromatic rings. The molecule has 1 aliphatic heterocycles. The largest absolute Gasteiger partial charge is 0.481 e. The monoisotopic (exact) mass is 233 g/mol. The molecule has 1 atom stereocenters. The normalized spacial score (nSPS) is 20.8. The molecule has 0 N–H and O–H groups in total. The fraction of sp³-hybridized carbons (Fsp3) is 0.500. The first-order valence-electron chi connectivity index (χ1n) is 5.55. The van der Waals surface area contributed by atoms with Crippen LogP contribution in [0, 0.1) is 11.3 Å². The Kier molecular flexibility index (Phi) is 3.91. The van der Waals surface area contributed by atoms with Crippen molar-refractivity contribution in [1.82, 2.24) is 9.88 Å². The van der Waals surface area contributed by atoms with Crippen molar-refractivity contribution in [2.45, 2.75) is 12.6 Å². The Balaban J connectivity index is 1.98. The van der Waals surface area contributed by atoms with Gasteiger partial charge in [0.1, 0.15) is 0 Å². The van der Waals surface area contributed by atoms with Gasteiger partial charge in [0.15, 0.2) is 6.10 Å². The summed E-state index contributed by atoms with van der Waals surface area (Å²) < 4.78 is 10.4. The van der Waals surface area contributed by atoms with Gasteiger partial charge in [0, 0.05) is 25.7 Å². The first kappa shape index (κ1) is 11.8. The third-order valence-corrected chi connectivity index (χ3v) is 2.67. The molecule has 90 valence electrons. The lowest BCUT2D eigenvalue weighted by atomic mass is 10.2. The van der Waals surface area contributed by atoms with Crippen LogP contribution in [-0.2, 0) is 11.3 Å². The Morgan fingerprint density at radius 3 is 3.29 bits per heavy atom. The van der Waals surface area contributed by atoms with E-state index in [-0.39, 0.29) is 6.10 Å². The number of morpholine rings is 1. The number of methoxy groups -OCH3 is 1. The van der Waals surface area contributed by atoms with Crippen LogP contribution in [-0.4, -0.2) is 42.8 Å². The molecular formula is C12H15N3O2. The molecule has 2 rings (SSSR count). The molecule has 0 bridgehead atoms. The van der Waals surface area contributed by atoms with E-state index in [0.29, 0.717) is 19.0 Å². The molecule has 0 aromatic carbocycles. The van der Waals surface area contributed by atoms with Crippen LogP contribution in [0.4, 0.5) is 0 Å². The number of rotatable bonds is 3. The van der Waals surface area contributed by atoms with E-state index in [1.165, 1.54) is 0 Å². The molecule has 1 aliphatic rings. The van der Waals surface area contributed by atoms with Gasteiger partial charge in [-0.15, -0.1) is 0 Å². The van der Waals surface area contributed by atoms with E-state index in [0.717, 1.165) is 18.8 Å². The number of nitriles is 1. The Morgan fingerprint density at radius 2 is 2.53 bits per heavy atom. The van der Waals surface area contributed by atoms with Crippen molar-refractivity contribution in [3.8, 4) is 11.9 Å². The third kappa shape index (κ3) is 3.16. The van der Waals surface area contributed by atoms with E-state index in [9.17, 15) is 0 Å². The van der Waals surface area contributed by atoms with Crippen LogP contribution in [0.2, 0.25) is 0 Å². The molecule has 0 spiro atoms. The summed E-state index contributed by atoms with van der Waals surface area (Å²) in [5.41, 5.74) is 0.947. The predicted octanol–water partition coefficient (Wildman–Crippen LogP) is 0.815. The minimum absolute atomic E-state index is 0.325. The summed E-state index contributed by atoms with van der Waals surface area (Å²) in [5.74, 6) is 0.618. The molecule has 1 aromatic heterocycles. The van der Waals surface area contributed by atoms with Gasteiger partial charge in [0.05, 0.1) is 25.5 Å². The molecule has 0 aliphatic carbocycles. The van der Waals surface area contributed by atoms with Gasteiger partial charge in [-0.3, -0.25) is 4.90 Å². The van der Waals surface area contributed by atoms with Crippen LogP contribution in [0.5, 0.6) is 5.88 Å². The first-order valence-corrected chi connectivity index (χ1v) is 5.55. The summed E-state index contributed by atoms with van der Waals surface area (Å²) in [6, 6.07) is 7.83. The van der Waals surface area contributed by atoms with Gasteiger partial charge in [-0.25, -0.2) is 4.98 Å². The van der Waals surface area contributed by atoms with Gasteiger partial charge >= 0.3 is 0 Å². The lowest BCUT2D eigenvalue weighted by molar-refractivity contribution is -0.00315. The van der Waals surface area contributed by atoms with Crippen LogP contribution >= 0.6 is 0 Å². The number of hydrogen-bond donors (Lipinski definition) is 0. The van der Waals surface area contributed by atoms with Crippen LogP contribution < -0.4 is 4.74 Å². The van der Waals surface area contributed by atoms with E-state index >= 15 is 0 Å². The molecule has 0 amide bonds. The zero-order chi connectivity index (χ0) is 12.1. The molecule has 5 heteroatoms. The summed E-state index contributed by atoms with van der Waals surface area (Å²) in [6.07, 6.45) is -0.325. The minimum Gasteiger partial charge on any atom is -0.481 e. The van der Waals surface area contributed by atoms with Gasteiger partial charge in [0.25, 0.3) is 0 Å². The van der Waals surface area contributed by atoms with Crippen molar-refractivity contribution in [1.29, 1.82) is 5.26 Å². The maximum atomic E-state index is 8.82. The summed E-state index contributed by atoms with van der Waals surface area (Å²) in [5, 5.41) is 8.82. The molecule has 17 heavy (non-hydrogen) atoms. The maximum Gasteiger partial charge on any atom is 0.213 e. The van der Waals surface area contributed by atoms with Crippen molar-refractivity contribution in [3.63, 3.8) is 0 Å². The number of pyridine rings is 1. The molecule has 5 nitrogen and oxygen atoms in total. The van der Waals surface area contributed by atoms with Crippen LogP contribution in [0.1, 0.15) is 5.69 Å². The van der Waals surface area contributed by atoms with Crippen molar-refractivity contribution >= 4 is 0 Å². The van der Waals surface area contributed by atoms with Gasteiger partial charge < -0.3 is 9.47 Å². The molecule has 1 unspecified atom stereocenters. The average Bonchev–Trinajstić information content (AvgIpc) is 2.39. The molecule has 1 fully saturated rings. The lowest BCUT2D eigenvalue weighted by Gasteiger charge is -2.29. The number of ether oxygens (including phenoxy) is 2. The van der Waals surface area contributed by atoms with Gasteiger partial charge in [-0.05, 0) is 6.07 Å². The third-order valence-electron chi connectivity index (χ3n) is 2.67. The maximum absolute atomic E-state index is 8.82. The van der Waals surface area contributed by atoms with Crippen molar-refractivity contribution < 1.29 is 9.47 Å². The fourth-order valence-corrected chi connectivity index (χ4v) is 1.81. The highest BCUT2D eigenvalue weighted by molar-refractivity contribution is 5.15. The standard InChI is InChI=1S/C12H15N3O2/c1-16-12-4-2-3-10(14-12)8-15-5-6-17-11(7-13)9-15/h2-4,11H,5-6,8-9H2,1H3. The Bertz CT molecular complexity index is 416. The fourth-order valence-electron chi connectivity index (χ4n) is 1.81. The second-order valence-corrected chi connectivity index (χ2v) is 3.89. The van der Waals surface area contributed by atoms with Gasteiger partial charge in [-0.2, -0.15) is 5.26 Å². The summed E-state index contributed by atoms with van der Waals surface area (Å²) in [7, 11) is 1.60. The van der Waals surface area contributed by atoms with E-state index in [4.69, 9.17) is 14.7 Å². The van der Waals surface area contributed by atoms with E-state index in [2.05, 4.69) is 16.0 Å². The highest BCUT2D eigenvalue weighted by Gasteiger charge is 2.20. The quantitative estimate of drug-likeness (QED) is 0.773. The summed E-state index contributed by atoms with van der Waals surface area (Å²) in [4.78, 5) is 6.51. The SMILES string of the molecule is COc1cccc(CN2CCOC(C#N)C2)n1.